The third-order valence-electron chi connectivity index (χ3n) is 3.54. The fourth-order valence-electron chi connectivity index (χ4n) is 2.35. The number of likely N-dealkylation sites (tertiary alicyclic amines) is 1. The van der Waals surface area contributed by atoms with Crippen molar-refractivity contribution < 1.29 is 4.79 Å². The van der Waals surface area contributed by atoms with Crippen molar-refractivity contribution in [3.8, 4) is 0 Å². The van der Waals surface area contributed by atoms with Crippen molar-refractivity contribution in [2.45, 2.75) is 25.3 Å². The second-order valence-electron chi connectivity index (χ2n) is 4.82. The number of hydrogen-bond acceptors (Lipinski definition) is 2. The van der Waals surface area contributed by atoms with E-state index in [4.69, 9.17) is 0 Å². The molecule has 0 aliphatic carbocycles. The molecule has 0 radical (unpaired) electrons. The Balaban J connectivity index is 1.90. The summed E-state index contributed by atoms with van der Waals surface area (Å²) in [6.45, 7) is 1.87. The topological polar surface area (TPSA) is 32.3 Å². The third-order valence-corrected chi connectivity index (χ3v) is 4.23. The highest BCUT2D eigenvalue weighted by atomic mass is 79.9. The molecule has 0 saturated carbocycles. The van der Waals surface area contributed by atoms with Crippen LogP contribution < -0.4 is 5.32 Å². The predicted octanol–water partition coefficient (Wildman–Crippen LogP) is 2.66. The first-order valence-corrected chi connectivity index (χ1v) is 7.21. The van der Waals surface area contributed by atoms with Crippen LogP contribution in [0.25, 0.3) is 0 Å². The minimum absolute atomic E-state index is 0.00134. The smallest absolute Gasteiger partial charge is 0.252 e. The van der Waals surface area contributed by atoms with Crippen molar-refractivity contribution in [2.75, 3.05) is 20.1 Å². The lowest BCUT2D eigenvalue weighted by atomic mass is 10.0. The lowest BCUT2D eigenvalue weighted by Crippen LogP contribution is -2.44. The normalized spacial score (nSPS) is 20.7. The molecule has 1 atom stereocenters. The maximum Gasteiger partial charge on any atom is 0.252 e. The second-order valence-corrected chi connectivity index (χ2v) is 5.67. The standard InChI is InChI=1S/C14H19BrN2O/c1-17-9-5-4-6-11(17)10-16-14(18)12-7-2-3-8-13(12)15/h2-3,7-8,11H,4-6,9-10H2,1H3,(H,16,18). The first-order valence-electron chi connectivity index (χ1n) is 6.41. The molecule has 1 aliphatic rings. The Morgan fingerprint density at radius 2 is 2.22 bits per heavy atom. The Bertz CT molecular complexity index is 422. The quantitative estimate of drug-likeness (QED) is 0.931. The van der Waals surface area contributed by atoms with Crippen LogP contribution in [0.4, 0.5) is 0 Å². The van der Waals surface area contributed by atoms with Crippen molar-refractivity contribution >= 4 is 21.8 Å². The van der Waals surface area contributed by atoms with Gasteiger partial charge in [-0.05, 0) is 54.5 Å². The predicted molar refractivity (Wildman–Crippen MR) is 76.7 cm³/mol. The first kappa shape index (κ1) is 13.6. The third kappa shape index (κ3) is 3.33. The Morgan fingerprint density at radius 3 is 2.94 bits per heavy atom. The highest BCUT2D eigenvalue weighted by molar-refractivity contribution is 9.10. The van der Waals surface area contributed by atoms with Gasteiger partial charge in [0.05, 0.1) is 5.56 Å². The molecule has 1 aromatic rings. The largest absolute Gasteiger partial charge is 0.350 e. The second kappa shape index (κ2) is 6.34. The van der Waals surface area contributed by atoms with Crippen LogP contribution in [-0.4, -0.2) is 37.0 Å². The van der Waals surface area contributed by atoms with Crippen molar-refractivity contribution in [2.24, 2.45) is 0 Å². The van der Waals surface area contributed by atoms with Gasteiger partial charge in [-0.25, -0.2) is 0 Å². The maximum atomic E-state index is 12.1. The van der Waals surface area contributed by atoms with E-state index in [0.717, 1.165) is 17.6 Å². The van der Waals surface area contributed by atoms with Crippen LogP contribution in [-0.2, 0) is 0 Å². The summed E-state index contributed by atoms with van der Waals surface area (Å²) < 4.78 is 0.847. The molecule has 0 spiro atoms. The highest BCUT2D eigenvalue weighted by Crippen LogP contribution is 2.17. The summed E-state index contributed by atoms with van der Waals surface area (Å²) in [5.41, 5.74) is 0.705. The molecule has 1 aromatic carbocycles. The number of carbonyl (C=O) groups is 1. The van der Waals surface area contributed by atoms with E-state index in [0.29, 0.717) is 11.6 Å². The Morgan fingerprint density at radius 1 is 1.44 bits per heavy atom. The Labute approximate surface area is 117 Å². The van der Waals surface area contributed by atoms with Gasteiger partial charge >= 0.3 is 0 Å². The monoisotopic (exact) mass is 310 g/mol. The van der Waals surface area contributed by atoms with E-state index in [2.05, 4.69) is 33.2 Å². The Kier molecular flexibility index (Phi) is 4.78. The summed E-state index contributed by atoms with van der Waals surface area (Å²) >= 11 is 3.40. The molecule has 1 amide bonds. The molecule has 18 heavy (non-hydrogen) atoms. The molecule has 1 N–H and O–H groups in total. The molecular formula is C14H19BrN2O. The van der Waals surface area contributed by atoms with Gasteiger partial charge in [-0.15, -0.1) is 0 Å². The number of rotatable bonds is 3. The number of benzene rings is 1. The average Bonchev–Trinajstić information content (AvgIpc) is 2.38. The van der Waals surface area contributed by atoms with Crippen LogP contribution in [0.2, 0.25) is 0 Å². The number of piperidine rings is 1. The number of halogens is 1. The highest BCUT2D eigenvalue weighted by Gasteiger charge is 2.19. The van der Waals surface area contributed by atoms with Gasteiger partial charge < -0.3 is 10.2 Å². The van der Waals surface area contributed by atoms with E-state index in [1.54, 1.807) is 0 Å². The number of hydrogen-bond donors (Lipinski definition) is 1. The van der Waals surface area contributed by atoms with Crippen LogP contribution in [0.5, 0.6) is 0 Å². The molecular weight excluding hydrogens is 292 g/mol. The van der Waals surface area contributed by atoms with Crippen molar-refractivity contribution in [1.29, 1.82) is 0 Å². The molecule has 98 valence electrons. The molecule has 2 rings (SSSR count). The number of amides is 1. The van der Waals surface area contributed by atoms with Gasteiger partial charge in [0, 0.05) is 17.1 Å². The van der Waals surface area contributed by atoms with Crippen LogP contribution in [0.3, 0.4) is 0 Å². The summed E-state index contributed by atoms with van der Waals surface area (Å²) in [4.78, 5) is 14.4. The number of likely N-dealkylation sites (N-methyl/N-ethyl adjacent to an activating group) is 1. The number of nitrogens with zero attached hydrogens (tertiary/aromatic N) is 1. The van der Waals surface area contributed by atoms with Crippen molar-refractivity contribution in [3.63, 3.8) is 0 Å². The van der Waals surface area contributed by atoms with Crippen molar-refractivity contribution in [3.05, 3.63) is 34.3 Å². The summed E-state index contributed by atoms with van der Waals surface area (Å²) in [6, 6.07) is 8.00. The van der Waals surface area contributed by atoms with E-state index in [-0.39, 0.29) is 5.91 Å². The molecule has 1 aliphatic heterocycles. The van der Waals surface area contributed by atoms with Crippen LogP contribution >= 0.6 is 15.9 Å². The van der Waals surface area contributed by atoms with Gasteiger partial charge in [-0.1, -0.05) is 18.6 Å². The molecule has 1 fully saturated rings. The fraction of sp³-hybridized carbons (Fsp3) is 0.500. The fourth-order valence-corrected chi connectivity index (χ4v) is 2.82. The molecule has 3 nitrogen and oxygen atoms in total. The average molecular weight is 311 g/mol. The summed E-state index contributed by atoms with van der Waals surface area (Å²) in [5.74, 6) is 0.00134. The van der Waals surface area contributed by atoms with E-state index in [9.17, 15) is 4.79 Å². The SMILES string of the molecule is CN1CCCCC1CNC(=O)c1ccccc1Br. The summed E-state index contributed by atoms with van der Waals surface area (Å²) in [7, 11) is 2.13. The molecule has 4 heteroatoms. The maximum absolute atomic E-state index is 12.1. The first-order chi connectivity index (χ1) is 8.68. The minimum atomic E-state index is 0.00134. The molecule has 0 aromatic heterocycles. The zero-order valence-corrected chi connectivity index (χ0v) is 12.2. The molecule has 1 heterocycles. The molecule has 0 bridgehead atoms. The van der Waals surface area contributed by atoms with E-state index in [1.165, 1.54) is 19.3 Å². The molecule has 1 unspecified atom stereocenters. The lowest BCUT2D eigenvalue weighted by Gasteiger charge is -2.32. The number of nitrogens with one attached hydrogen (secondary N) is 1. The summed E-state index contributed by atoms with van der Waals surface area (Å²) in [6.07, 6.45) is 3.71. The Hall–Kier alpha value is -0.870. The van der Waals surface area contributed by atoms with E-state index >= 15 is 0 Å². The van der Waals surface area contributed by atoms with Gasteiger partial charge in [0.15, 0.2) is 0 Å². The van der Waals surface area contributed by atoms with Crippen LogP contribution in [0.1, 0.15) is 29.6 Å². The lowest BCUT2D eigenvalue weighted by molar-refractivity contribution is 0.0928. The zero-order valence-electron chi connectivity index (χ0n) is 10.7. The van der Waals surface area contributed by atoms with E-state index in [1.807, 2.05) is 24.3 Å². The van der Waals surface area contributed by atoms with Crippen LogP contribution in [0, 0.1) is 0 Å². The zero-order chi connectivity index (χ0) is 13.0. The van der Waals surface area contributed by atoms with Gasteiger partial charge in [-0.2, -0.15) is 0 Å². The van der Waals surface area contributed by atoms with Crippen LogP contribution in [0.15, 0.2) is 28.7 Å². The number of carbonyl (C=O) groups excluding carboxylic acids is 1. The van der Waals surface area contributed by atoms with Gasteiger partial charge in [0.2, 0.25) is 0 Å². The summed E-state index contributed by atoms with van der Waals surface area (Å²) in [5, 5.41) is 3.03. The molecule has 1 saturated heterocycles. The van der Waals surface area contributed by atoms with Gasteiger partial charge in [-0.3, -0.25) is 4.79 Å². The van der Waals surface area contributed by atoms with Crippen molar-refractivity contribution in [1.82, 2.24) is 10.2 Å². The van der Waals surface area contributed by atoms with E-state index < -0.39 is 0 Å². The van der Waals surface area contributed by atoms with Gasteiger partial charge in [0.1, 0.15) is 0 Å². The minimum Gasteiger partial charge on any atom is -0.350 e. The van der Waals surface area contributed by atoms with Gasteiger partial charge in [0.25, 0.3) is 5.91 Å².